The van der Waals surface area contributed by atoms with Gasteiger partial charge in [0, 0.05) is 40.6 Å². The average Bonchev–Trinajstić information content (AvgIpc) is 2.85. The van der Waals surface area contributed by atoms with Crippen LogP contribution in [0.5, 0.6) is 0 Å². The van der Waals surface area contributed by atoms with E-state index in [1.54, 1.807) is 0 Å². The minimum absolute atomic E-state index is 0.126. The zero-order chi connectivity index (χ0) is 19.4. The van der Waals surface area contributed by atoms with E-state index in [-0.39, 0.29) is 18.2 Å². The molecule has 0 spiro atoms. The molecular weight excluding hydrogens is 394 g/mol. The van der Waals surface area contributed by atoms with Crippen LogP contribution in [0.4, 0.5) is 5.69 Å². The Balaban J connectivity index is 1.91. The van der Waals surface area contributed by atoms with E-state index >= 15 is 0 Å². The fourth-order valence-corrected chi connectivity index (χ4v) is 3.49. The number of aryl methyl sites for hydroxylation is 2. The summed E-state index contributed by atoms with van der Waals surface area (Å²) in [5, 5.41) is 5.72. The average molecular weight is 420 g/mol. The van der Waals surface area contributed by atoms with E-state index in [4.69, 9.17) is 0 Å². The number of rotatable bonds is 6. The summed E-state index contributed by atoms with van der Waals surface area (Å²) >= 11 is 3.40. The van der Waals surface area contributed by atoms with Gasteiger partial charge in [-0.1, -0.05) is 22.0 Å². The second kappa shape index (κ2) is 8.54. The topological polar surface area (TPSA) is 63.1 Å². The van der Waals surface area contributed by atoms with Gasteiger partial charge >= 0.3 is 0 Å². The van der Waals surface area contributed by atoms with Crippen molar-refractivity contribution in [3.05, 3.63) is 51.3 Å². The fraction of sp³-hybridized carbons (Fsp3) is 0.400. The lowest BCUT2D eigenvalue weighted by Gasteiger charge is -2.13. The van der Waals surface area contributed by atoms with Gasteiger partial charge in [0.1, 0.15) is 0 Å². The molecule has 1 heterocycles. The van der Waals surface area contributed by atoms with Crippen molar-refractivity contribution in [2.75, 3.05) is 11.9 Å². The highest BCUT2D eigenvalue weighted by molar-refractivity contribution is 9.10. The number of aromatic nitrogens is 1. The highest BCUT2D eigenvalue weighted by Crippen LogP contribution is 2.21. The number of halogens is 1. The van der Waals surface area contributed by atoms with Crippen LogP contribution in [-0.2, 0) is 4.79 Å². The Kier molecular flexibility index (Phi) is 6.64. The van der Waals surface area contributed by atoms with Gasteiger partial charge in [0.05, 0.1) is 5.56 Å². The van der Waals surface area contributed by atoms with Crippen LogP contribution in [0.3, 0.4) is 0 Å². The molecule has 0 saturated heterocycles. The van der Waals surface area contributed by atoms with Crippen molar-refractivity contribution in [3.63, 3.8) is 0 Å². The molecule has 6 heteroatoms. The van der Waals surface area contributed by atoms with E-state index in [1.165, 1.54) is 0 Å². The van der Waals surface area contributed by atoms with Crippen molar-refractivity contribution in [1.29, 1.82) is 0 Å². The standard InChI is InChI=1S/C20H26BrN3O2/c1-12(2)24-14(4)10-17(15(24)5)20(26)22-9-8-19(25)23-18-11-16(21)7-6-13(18)3/h6-7,10-12H,8-9H2,1-5H3,(H,22,26)(H,23,25). The van der Waals surface area contributed by atoms with E-state index in [9.17, 15) is 9.59 Å². The predicted octanol–water partition coefficient (Wildman–Crippen LogP) is 4.52. The van der Waals surface area contributed by atoms with E-state index in [2.05, 4.69) is 45.0 Å². The summed E-state index contributed by atoms with van der Waals surface area (Å²) in [4.78, 5) is 24.6. The Bertz CT molecular complexity index is 825. The number of anilines is 1. The van der Waals surface area contributed by atoms with E-state index in [0.29, 0.717) is 18.2 Å². The van der Waals surface area contributed by atoms with Crippen LogP contribution in [0.2, 0.25) is 0 Å². The molecule has 0 fully saturated rings. The maximum Gasteiger partial charge on any atom is 0.253 e. The molecular formula is C20H26BrN3O2. The second-order valence-corrected chi connectivity index (χ2v) is 7.68. The van der Waals surface area contributed by atoms with Gasteiger partial charge in [-0.2, -0.15) is 0 Å². The lowest BCUT2D eigenvalue weighted by atomic mass is 10.2. The Morgan fingerprint density at radius 3 is 2.46 bits per heavy atom. The van der Waals surface area contributed by atoms with Gasteiger partial charge in [-0.05, 0) is 58.4 Å². The largest absolute Gasteiger partial charge is 0.351 e. The van der Waals surface area contributed by atoms with Gasteiger partial charge in [0.2, 0.25) is 5.91 Å². The minimum Gasteiger partial charge on any atom is -0.351 e. The highest BCUT2D eigenvalue weighted by Gasteiger charge is 2.17. The number of hydrogen-bond donors (Lipinski definition) is 2. The third-order valence-electron chi connectivity index (χ3n) is 4.36. The molecule has 0 aliphatic heterocycles. The first-order valence-electron chi connectivity index (χ1n) is 8.73. The van der Waals surface area contributed by atoms with Crippen LogP contribution in [0.15, 0.2) is 28.7 Å². The third kappa shape index (κ3) is 4.75. The molecule has 2 amide bonds. The maximum absolute atomic E-state index is 12.4. The molecule has 1 aromatic carbocycles. The van der Waals surface area contributed by atoms with Crippen LogP contribution in [0.25, 0.3) is 0 Å². The Hall–Kier alpha value is -2.08. The van der Waals surface area contributed by atoms with Crippen LogP contribution in [0.1, 0.15) is 53.6 Å². The van der Waals surface area contributed by atoms with Crippen molar-refractivity contribution >= 4 is 33.4 Å². The van der Waals surface area contributed by atoms with Crippen molar-refractivity contribution in [1.82, 2.24) is 9.88 Å². The number of nitrogens with zero attached hydrogens (tertiary/aromatic N) is 1. The quantitative estimate of drug-likeness (QED) is 0.722. The Labute approximate surface area is 163 Å². The van der Waals surface area contributed by atoms with Crippen LogP contribution in [-0.4, -0.2) is 22.9 Å². The van der Waals surface area contributed by atoms with Crippen LogP contribution < -0.4 is 10.6 Å². The second-order valence-electron chi connectivity index (χ2n) is 6.76. The molecule has 1 aromatic heterocycles. The first-order chi connectivity index (χ1) is 12.2. The van der Waals surface area contributed by atoms with Crippen LogP contribution in [0, 0.1) is 20.8 Å². The lowest BCUT2D eigenvalue weighted by molar-refractivity contribution is -0.116. The molecule has 2 rings (SSSR count). The molecule has 0 radical (unpaired) electrons. The third-order valence-corrected chi connectivity index (χ3v) is 4.85. The SMILES string of the molecule is Cc1ccc(Br)cc1NC(=O)CCNC(=O)c1cc(C)n(C(C)C)c1C. The minimum atomic E-state index is -0.142. The zero-order valence-corrected chi connectivity index (χ0v) is 17.5. The smallest absolute Gasteiger partial charge is 0.253 e. The van der Waals surface area contributed by atoms with Crippen molar-refractivity contribution in [2.45, 2.75) is 47.1 Å². The summed E-state index contributed by atoms with van der Waals surface area (Å²) in [6.07, 6.45) is 0.223. The summed E-state index contributed by atoms with van der Waals surface area (Å²) in [7, 11) is 0. The van der Waals surface area contributed by atoms with Gasteiger partial charge < -0.3 is 15.2 Å². The van der Waals surface area contributed by atoms with Crippen molar-refractivity contribution in [3.8, 4) is 0 Å². The Morgan fingerprint density at radius 2 is 1.85 bits per heavy atom. The molecule has 0 atom stereocenters. The molecule has 140 valence electrons. The molecule has 2 aromatic rings. The number of nitrogens with one attached hydrogen (secondary N) is 2. The molecule has 0 bridgehead atoms. The van der Waals surface area contributed by atoms with Gasteiger partial charge in [-0.15, -0.1) is 0 Å². The molecule has 0 saturated carbocycles. The van der Waals surface area contributed by atoms with E-state index in [1.807, 2.05) is 45.0 Å². The molecule has 0 aliphatic rings. The maximum atomic E-state index is 12.4. The summed E-state index contributed by atoms with van der Waals surface area (Å²) in [5.41, 5.74) is 4.44. The van der Waals surface area contributed by atoms with Gasteiger partial charge in [0.25, 0.3) is 5.91 Å². The first-order valence-corrected chi connectivity index (χ1v) is 9.52. The number of hydrogen-bond acceptors (Lipinski definition) is 2. The number of benzene rings is 1. The zero-order valence-electron chi connectivity index (χ0n) is 15.9. The number of carbonyl (C=O) groups excluding carboxylic acids is 2. The van der Waals surface area contributed by atoms with Crippen molar-refractivity contribution < 1.29 is 9.59 Å². The van der Waals surface area contributed by atoms with Gasteiger partial charge in [-0.25, -0.2) is 0 Å². The first kappa shape index (κ1) is 20.2. The molecule has 26 heavy (non-hydrogen) atoms. The molecule has 0 unspecified atom stereocenters. The highest BCUT2D eigenvalue weighted by atomic mass is 79.9. The molecule has 5 nitrogen and oxygen atoms in total. The van der Waals surface area contributed by atoms with Gasteiger partial charge in [-0.3, -0.25) is 9.59 Å². The number of carbonyl (C=O) groups is 2. The molecule has 2 N–H and O–H groups in total. The summed E-state index contributed by atoms with van der Waals surface area (Å²) in [5.74, 6) is -0.268. The summed E-state index contributed by atoms with van der Waals surface area (Å²) in [6.45, 7) is 10.4. The normalized spacial score (nSPS) is 10.9. The molecule has 0 aliphatic carbocycles. The summed E-state index contributed by atoms with van der Waals surface area (Å²) < 4.78 is 3.05. The van der Waals surface area contributed by atoms with E-state index < -0.39 is 0 Å². The summed E-state index contributed by atoms with van der Waals surface area (Å²) in [6, 6.07) is 7.93. The van der Waals surface area contributed by atoms with E-state index in [0.717, 1.165) is 27.1 Å². The van der Waals surface area contributed by atoms with Gasteiger partial charge in [0.15, 0.2) is 0 Å². The van der Waals surface area contributed by atoms with Crippen LogP contribution >= 0.6 is 15.9 Å². The fourth-order valence-electron chi connectivity index (χ4n) is 3.13. The van der Waals surface area contributed by atoms with Crippen molar-refractivity contribution in [2.24, 2.45) is 0 Å². The predicted molar refractivity (Wildman–Crippen MR) is 109 cm³/mol. The lowest BCUT2D eigenvalue weighted by Crippen LogP contribution is -2.28. The monoisotopic (exact) mass is 419 g/mol. The number of amides is 2. The Morgan fingerprint density at radius 1 is 1.15 bits per heavy atom.